The van der Waals surface area contributed by atoms with Crippen molar-refractivity contribution in [3.05, 3.63) is 136 Å². The average Bonchev–Trinajstić information content (AvgIpc) is 3.05. The van der Waals surface area contributed by atoms with E-state index in [0.717, 1.165) is 18.7 Å². The van der Waals surface area contributed by atoms with Crippen LogP contribution in [0.25, 0.3) is 0 Å². The van der Waals surface area contributed by atoms with Gasteiger partial charge in [0.05, 0.1) is 27.8 Å². The summed E-state index contributed by atoms with van der Waals surface area (Å²) in [5.74, 6) is 0.0365. The number of benzene rings is 4. The van der Waals surface area contributed by atoms with Crippen molar-refractivity contribution >= 4 is 40.8 Å². The molecule has 0 radical (unpaired) electrons. The SMILES string of the molecule is CC(c1ccccc1)N(CCC(=O)N1CCN(C(c2ccccc2)c2ccccc2)CC1)C(=O)Nc1cccc(Cl)c1Cl. The number of urea groups is 1. The van der Waals surface area contributed by atoms with Crippen molar-refractivity contribution in [1.29, 1.82) is 0 Å². The Balaban J connectivity index is 1.25. The largest absolute Gasteiger partial charge is 0.340 e. The molecule has 3 amide bonds. The van der Waals surface area contributed by atoms with Crippen molar-refractivity contribution in [2.75, 3.05) is 38.0 Å². The normalized spacial score (nSPS) is 14.4. The van der Waals surface area contributed by atoms with E-state index in [1.807, 2.05) is 54.3 Å². The number of piperazine rings is 1. The minimum atomic E-state index is -0.341. The molecule has 43 heavy (non-hydrogen) atoms. The Morgan fingerprint density at radius 3 is 1.84 bits per heavy atom. The highest BCUT2D eigenvalue weighted by Crippen LogP contribution is 2.31. The summed E-state index contributed by atoms with van der Waals surface area (Å²) >= 11 is 12.5. The minimum Gasteiger partial charge on any atom is -0.340 e. The third-order valence-corrected chi connectivity index (χ3v) is 8.85. The lowest BCUT2D eigenvalue weighted by Crippen LogP contribution is -2.50. The standard InChI is InChI=1S/C35H36Cl2N4O2/c1-26(27-12-5-2-6-13-27)41(35(43)38-31-19-11-18-30(36)33(31)37)21-20-32(42)39-22-24-40(25-23-39)34(28-14-7-3-8-15-28)29-16-9-4-10-17-29/h2-19,26,34H,20-25H2,1H3,(H,38,43). The number of nitrogens with zero attached hydrogens (tertiary/aromatic N) is 3. The van der Waals surface area contributed by atoms with Crippen molar-refractivity contribution in [3.8, 4) is 0 Å². The number of amides is 3. The van der Waals surface area contributed by atoms with Crippen LogP contribution in [0.1, 0.15) is 42.1 Å². The average molecular weight is 616 g/mol. The first kappa shape index (κ1) is 30.6. The Hall–Kier alpha value is -3.84. The van der Waals surface area contributed by atoms with E-state index in [4.69, 9.17) is 23.2 Å². The Bertz CT molecular complexity index is 1460. The summed E-state index contributed by atoms with van der Waals surface area (Å²) in [6.07, 6.45) is 0.217. The van der Waals surface area contributed by atoms with Crippen LogP contribution >= 0.6 is 23.2 Å². The Morgan fingerprint density at radius 1 is 0.744 bits per heavy atom. The summed E-state index contributed by atoms with van der Waals surface area (Å²) in [5.41, 5.74) is 3.89. The van der Waals surface area contributed by atoms with Gasteiger partial charge in [-0.1, -0.05) is 120 Å². The maximum atomic E-state index is 13.5. The molecular formula is C35H36Cl2N4O2. The van der Waals surface area contributed by atoms with E-state index in [0.29, 0.717) is 23.8 Å². The molecule has 5 rings (SSSR count). The van der Waals surface area contributed by atoms with Gasteiger partial charge in [-0.15, -0.1) is 0 Å². The molecule has 0 aromatic heterocycles. The van der Waals surface area contributed by atoms with Crippen LogP contribution in [0, 0.1) is 0 Å². The lowest BCUT2D eigenvalue weighted by Gasteiger charge is -2.40. The van der Waals surface area contributed by atoms with Crippen molar-refractivity contribution in [2.24, 2.45) is 0 Å². The van der Waals surface area contributed by atoms with Crippen molar-refractivity contribution < 1.29 is 9.59 Å². The molecular weight excluding hydrogens is 579 g/mol. The van der Waals surface area contributed by atoms with E-state index >= 15 is 0 Å². The summed E-state index contributed by atoms with van der Waals surface area (Å²) in [6.45, 7) is 5.01. The predicted octanol–water partition coefficient (Wildman–Crippen LogP) is 7.91. The second kappa shape index (κ2) is 14.6. The zero-order valence-corrected chi connectivity index (χ0v) is 25.7. The molecule has 1 fully saturated rings. The molecule has 1 N–H and O–H groups in total. The van der Waals surface area contributed by atoms with E-state index in [9.17, 15) is 9.59 Å². The van der Waals surface area contributed by atoms with E-state index in [1.165, 1.54) is 11.1 Å². The van der Waals surface area contributed by atoms with Crippen LogP contribution in [0.4, 0.5) is 10.5 Å². The minimum absolute atomic E-state index is 0.0365. The van der Waals surface area contributed by atoms with Crippen LogP contribution < -0.4 is 5.32 Å². The fraction of sp³-hybridized carbons (Fsp3) is 0.257. The molecule has 1 aliphatic heterocycles. The number of carbonyl (C=O) groups excluding carboxylic acids is 2. The highest BCUT2D eigenvalue weighted by atomic mass is 35.5. The first-order chi connectivity index (χ1) is 20.9. The van der Waals surface area contributed by atoms with Crippen molar-refractivity contribution in [2.45, 2.75) is 25.4 Å². The molecule has 0 bridgehead atoms. The molecule has 1 unspecified atom stereocenters. The molecule has 4 aromatic carbocycles. The van der Waals surface area contributed by atoms with Gasteiger partial charge in [0.15, 0.2) is 0 Å². The van der Waals surface area contributed by atoms with Gasteiger partial charge < -0.3 is 15.1 Å². The number of carbonyl (C=O) groups is 2. The Morgan fingerprint density at radius 2 is 1.28 bits per heavy atom. The molecule has 6 nitrogen and oxygen atoms in total. The van der Waals surface area contributed by atoms with Gasteiger partial charge in [0.25, 0.3) is 0 Å². The first-order valence-electron chi connectivity index (χ1n) is 14.6. The summed E-state index contributed by atoms with van der Waals surface area (Å²) in [7, 11) is 0. The first-order valence-corrected chi connectivity index (χ1v) is 15.4. The topological polar surface area (TPSA) is 55.9 Å². The van der Waals surface area contributed by atoms with Gasteiger partial charge in [-0.2, -0.15) is 0 Å². The summed E-state index contributed by atoms with van der Waals surface area (Å²) in [4.78, 5) is 33.1. The van der Waals surface area contributed by atoms with Crippen LogP contribution in [0.2, 0.25) is 10.0 Å². The highest BCUT2D eigenvalue weighted by Gasteiger charge is 2.29. The van der Waals surface area contributed by atoms with Crippen LogP contribution in [0.5, 0.6) is 0 Å². The van der Waals surface area contributed by atoms with Gasteiger partial charge in [0.2, 0.25) is 5.91 Å². The lowest BCUT2D eigenvalue weighted by molar-refractivity contribution is -0.133. The van der Waals surface area contributed by atoms with Crippen molar-refractivity contribution in [1.82, 2.24) is 14.7 Å². The maximum Gasteiger partial charge on any atom is 0.322 e. The Kier molecular flexibility index (Phi) is 10.4. The quantitative estimate of drug-likeness (QED) is 0.208. The molecule has 1 heterocycles. The lowest BCUT2D eigenvalue weighted by atomic mass is 9.96. The third-order valence-electron chi connectivity index (χ3n) is 8.03. The highest BCUT2D eigenvalue weighted by molar-refractivity contribution is 6.43. The molecule has 0 spiro atoms. The van der Waals surface area contributed by atoms with Gasteiger partial charge in [-0.3, -0.25) is 9.69 Å². The zero-order valence-electron chi connectivity index (χ0n) is 24.2. The van der Waals surface area contributed by atoms with Crippen LogP contribution in [0.3, 0.4) is 0 Å². The van der Waals surface area contributed by atoms with Gasteiger partial charge in [0, 0.05) is 39.1 Å². The van der Waals surface area contributed by atoms with E-state index in [1.54, 1.807) is 23.1 Å². The molecule has 0 saturated carbocycles. The smallest absolute Gasteiger partial charge is 0.322 e. The molecule has 8 heteroatoms. The van der Waals surface area contributed by atoms with Crippen molar-refractivity contribution in [3.63, 3.8) is 0 Å². The second-order valence-corrected chi connectivity index (χ2v) is 11.5. The molecule has 4 aromatic rings. The monoisotopic (exact) mass is 614 g/mol. The van der Waals surface area contributed by atoms with Gasteiger partial charge in [0.1, 0.15) is 0 Å². The molecule has 1 aliphatic rings. The number of rotatable bonds is 9. The van der Waals surface area contributed by atoms with Gasteiger partial charge in [-0.25, -0.2) is 4.79 Å². The third kappa shape index (κ3) is 7.57. The number of hydrogen-bond donors (Lipinski definition) is 1. The fourth-order valence-corrected chi connectivity index (χ4v) is 6.01. The van der Waals surface area contributed by atoms with Crippen LogP contribution in [0.15, 0.2) is 109 Å². The summed E-state index contributed by atoms with van der Waals surface area (Å²) < 4.78 is 0. The van der Waals surface area contributed by atoms with Gasteiger partial charge >= 0.3 is 6.03 Å². The van der Waals surface area contributed by atoms with Crippen LogP contribution in [-0.4, -0.2) is 59.4 Å². The molecule has 1 saturated heterocycles. The number of hydrogen-bond acceptors (Lipinski definition) is 3. The number of anilines is 1. The molecule has 222 valence electrons. The Labute approximate surface area is 263 Å². The van der Waals surface area contributed by atoms with E-state index < -0.39 is 0 Å². The second-order valence-electron chi connectivity index (χ2n) is 10.7. The zero-order chi connectivity index (χ0) is 30.2. The van der Waals surface area contributed by atoms with E-state index in [-0.39, 0.29) is 42.0 Å². The van der Waals surface area contributed by atoms with Gasteiger partial charge in [-0.05, 0) is 35.7 Å². The summed E-state index contributed by atoms with van der Waals surface area (Å²) in [6, 6.07) is 35.5. The number of nitrogens with one attached hydrogen (secondary N) is 1. The molecule has 0 aliphatic carbocycles. The maximum absolute atomic E-state index is 13.5. The van der Waals surface area contributed by atoms with Crippen LogP contribution in [-0.2, 0) is 4.79 Å². The van der Waals surface area contributed by atoms with E-state index in [2.05, 4.69) is 58.7 Å². The summed E-state index contributed by atoms with van der Waals surface area (Å²) in [5, 5.41) is 3.53. The number of halogens is 2. The predicted molar refractivity (Wildman–Crippen MR) is 175 cm³/mol. The molecule has 1 atom stereocenters. The fourth-order valence-electron chi connectivity index (χ4n) is 5.66.